The molecule has 0 bridgehead atoms. The first-order chi connectivity index (χ1) is 15.1. The number of aliphatic hydroxyl groups excluding tert-OH is 1. The van der Waals surface area contributed by atoms with Crippen LogP contribution in [0.15, 0.2) is 42.6 Å². The molecule has 0 fully saturated rings. The average Bonchev–Trinajstić information content (AvgIpc) is 3.32. The Morgan fingerprint density at radius 3 is 2.75 bits per heavy atom. The fourth-order valence-corrected chi connectivity index (χ4v) is 4.15. The monoisotopic (exact) mass is 436 g/mol. The summed E-state index contributed by atoms with van der Waals surface area (Å²) in [5.41, 5.74) is 5.01. The number of carboxylic acid groups (broad SMARTS) is 1. The van der Waals surface area contributed by atoms with Gasteiger partial charge in [-0.15, -0.1) is 0 Å². The Kier molecular flexibility index (Phi) is 5.64. The Morgan fingerprint density at radius 2 is 2.03 bits per heavy atom. The number of aliphatic hydroxyl groups is 1. The maximum atomic E-state index is 12.8. The summed E-state index contributed by atoms with van der Waals surface area (Å²) < 4.78 is 1.41. The van der Waals surface area contributed by atoms with E-state index < -0.39 is 12.1 Å². The second kappa shape index (κ2) is 8.27. The molecule has 1 heterocycles. The lowest BCUT2D eigenvalue weighted by atomic mass is 9.85. The van der Waals surface area contributed by atoms with Gasteiger partial charge in [-0.3, -0.25) is 4.68 Å². The van der Waals surface area contributed by atoms with Gasteiger partial charge >= 0.3 is 12.0 Å². The maximum Gasteiger partial charge on any atom is 0.334 e. The standard InChI is InChI=1S/C24H28N4O4/c1-24(2,3)15-8-9-16-14(11-15)7-10-19(16)27-23(32)26-18-5-4-6-20-17(18)12-25-28(20)13-21(29)22(30)31/h4-6,8-9,11-12,19,21,29H,7,10,13H2,1-3H3,(H,30,31)(H2,26,27,32)/t19-,21?/m1/s1. The molecule has 0 spiro atoms. The van der Waals surface area contributed by atoms with Gasteiger partial charge in [-0.1, -0.05) is 45.0 Å². The van der Waals surface area contributed by atoms with E-state index in [-0.39, 0.29) is 24.0 Å². The highest BCUT2D eigenvalue weighted by Gasteiger charge is 2.26. The van der Waals surface area contributed by atoms with Crippen LogP contribution in [0.25, 0.3) is 10.9 Å². The summed E-state index contributed by atoms with van der Waals surface area (Å²) in [5.74, 6) is -1.31. The predicted octanol–water partition coefficient (Wildman–Crippen LogP) is 3.59. The van der Waals surface area contributed by atoms with Gasteiger partial charge < -0.3 is 20.8 Å². The molecule has 8 heteroatoms. The number of hydrogen-bond donors (Lipinski definition) is 4. The number of nitrogens with zero attached hydrogens (tertiary/aromatic N) is 2. The highest BCUT2D eigenvalue weighted by Crippen LogP contribution is 2.34. The van der Waals surface area contributed by atoms with Crippen LogP contribution >= 0.6 is 0 Å². The zero-order chi connectivity index (χ0) is 23.0. The molecule has 1 aromatic heterocycles. The van der Waals surface area contributed by atoms with Crippen LogP contribution in [0.3, 0.4) is 0 Å². The van der Waals surface area contributed by atoms with Gasteiger partial charge in [-0.2, -0.15) is 5.10 Å². The zero-order valence-corrected chi connectivity index (χ0v) is 18.4. The maximum absolute atomic E-state index is 12.8. The number of rotatable bonds is 5. The zero-order valence-electron chi connectivity index (χ0n) is 18.4. The number of hydrogen-bond acceptors (Lipinski definition) is 4. The van der Waals surface area contributed by atoms with Gasteiger partial charge in [0.25, 0.3) is 0 Å². The van der Waals surface area contributed by atoms with Crippen LogP contribution in [0.2, 0.25) is 0 Å². The fraction of sp³-hybridized carbons (Fsp3) is 0.375. The summed E-state index contributed by atoms with van der Waals surface area (Å²) in [7, 11) is 0. The summed E-state index contributed by atoms with van der Waals surface area (Å²) >= 11 is 0. The molecular weight excluding hydrogens is 408 g/mol. The average molecular weight is 437 g/mol. The Balaban J connectivity index is 1.48. The van der Waals surface area contributed by atoms with Crippen LogP contribution in [0, 0.1) is 0 Å². The Morgan fingerprint density at radius 1 is 1.25 bits per heavy atom. The fourth-order valence-electron chi connectivity index (χ4n) is 4.15. The molecule has 2 atom stereocenters. The molecule has 4 N–H and O–H groups in total. The van der Waals surface area contributed by atoms with Crippen molar-refractivity contribution in [3.05, 3.63) is 59.3 Å². The molecular formula is C24H28N4O4. The highest BCUT2D eigenvalue weighted by atomic mass is 16.4. The minimum Gasteiger partial charge on any atom is -0.479 e. The summed E-state index contributed by atoms with van der Waals surface area (Å²) in [6.07, 6.45) is 1.78. The number of benzene rings is 2. The number of amides is 2. The van der Waals surface area contributed by atoms with Crippen molar-refractivity contribution in [2.75, 3.05) is 5.32 Å². The van der Waals surface area contributed by atoms with Gasteiger partial charge in [0.05, 0.1) is 30.0 Å². The van der Waals surface area contributed by atoms with Crippen molar-refractivity contribution in [3.63, 3.8) is 0 Å². The van der Waals surface area contributed by atoms with E-state index in [9.17, 15) is 14.7 Å². The summed E-state index contributed by atoms with van der Waals surface area (Å²) in [5, 5.41) is 29.4. The van der Waals surface area contributed by atoms with Crippen LogP contribution in [-0.4, -0.2) is 38.1 Å². The third-order valence-corrected chi connectivity index (χ3v) is 5.96. The number of aromatic nitrogens is 2. The van der Waals surface area contributed by atoms with E-state index >= 15 is 0 Å². The van der Waals surface area contributed by atoms with E-state index in [0.29, 0.717) is 16.6 Å². The van der Waals surface area contributed by atoms with Crippen molar-refractivity contribution >= 4 is 28.6 Å². The number of nitrogens with one attached hydrogen (secondary N) is 2. The first-order valence-corrected chi connectivity index (χ1v) is 10.7. The number of fused-ring (bicyclic) bond motifs is 2. The number of carbonyl (C=O) groups is 2. The molecule has 0 aliphatic heterocycles. The Bertz CT molecular complexity index is 1180. The van der Waals surface area contributed by atoms with Gasteiger partial charge in [0, 0.05) is 5.39 Å². The van der Waals surface area contributed by atoms with Gasteiger partial charge in [-0.05, 0) is 47.1 Å². The molecule has 168 valence electrons. The molecule has 0 saturated heterocycles. The minimum absolute atomic E-state index is 0.0494. The molecule has 1 unspecified atom stereocenters. The molecule has 32 heavy (non-hydrogen) atoms. The van der Waals surface area contributed by atoms with E-state index in [4.69, 9.17) is 5.11 Å². The van der Waals surface area contributed by atoms with Gasteiger partial charge in [0.15, 0.2) is 6.10 Å². The first kappa shape index (κ1) is 21.8. The number of carbonyl (C=O) groups excluding carboxylic acids is 1. The van der Waals surface area contributed by atoms with Gasteiger partial charge in [0.1, 0.15) is 0 Å². The summed E-state index contributed by atoms with van der Waals surface area (Å²) in [4.78, 5) is 23.7. The van der Waals surface area contributed by atoms with E-state index in [1.807, 2.05) is 0 Å². The van der Waals surface area contributed by atoms with Crippen molar-refractivity contribution in [3.8, 4) is 0 Å². The highest BCUT2D eigenvalue weighted by molar-refractivity contribution is 6.00. The topological polar surface area (TPSA) is 116 Å². The molecule has 0 radical (unpaired) electrons. The third-order valence-electron chi connectivity index (χ3n) is 5.96. The van der Waals surface area contributed by atoms with E-state index in [0.717, 1.165) is 18.4 Å². The van der Waals surface area contributed by atoms with Crippen LogP contribution in [-0.2, 0) is 23.2 Å². The molecule has 3 aromatic rings. The van der Waals surface area contributed by atoms with Gasteiger partial charge in [-0.25, -0.2) is 9.59 Å². The van der Waals surface area contributed by atoms with Crippen molar-refractivity contribution in [2.45, 2.75) is 57.7 Å². The largest absolute Gasteiger partial charge is 0.479 e. The first-order valence-electron chi connectivity index (χ1n) is 10.7. The van der Waals surface area contributed by atoms with Crippen LogP contribution in [0.1, 0.15) is 49.9 Å². The number of carboxylic acids is 1. The summed E-state index contributed by atoms with van der Waals surface area (Å²) in [6.45, 7) is 6.40. The smallest absolute Gasteiger partial charge is 0.334 e. The molecule has 1 aliphatic rings. The lowest BCUT2D eigenvalue weighted by Crippen LogP contribution is -2.31. The predicted molar refractivity (Wildman–Crippen MR) is 122 cm³/mol. The molecule has 0 saturated carbocycles. The second-order valence-electron chi connectivity index (χ2n) is 9.27. The van der Waals surface area contributed by atoms with Crippen LogP contribution < -0.4 is 10.6 Å². The second-order valence-corrected chi connectivity index (χ2v) is 9.27. The minimum atomic E-state index is -1.56. The van der Waals surface area contributed by atoms with Crippen LogP contribution in [0.4, 0.5) is 10.5 Å². The Labute approximate surface area is 186 Å². The number of aryl methyl sites for hydroxylation is 1. The summed E-state index contributed by atoms with van der Waals surface area (Å²) in [6, 6.07) is 11.4. The molecule has 8 nitrogen and oxygen atoms in total. The number of aliphatic carboxylic acids is 1. The third kappa shape index (κ3) is 4.31. The normalized spacial score (nSPS) is 16.6. The van der Waals surface area contributed by atoms with Crippen molar-refractivity contribution in [1.82, 2.24) is 15.1 Å². The van der Waals surface area contributed by atoms with Gasteiger partial charge in [0.2, 0.25) is 0 Å². The lowest BCUT2D eigenvalue weighted by molar-refractivity contribution is -0.147. The molecule has 1 aliphatic carbocycles. The van der Waals surface area contributed by atoms with E-state index in [2.05, 4.69) is 54.7 Å². The van der Waals surface area contributed by atoms with E-state index in [1.54, 1.807) is 24.4 Å². The SMILES string of the molecule is CC(C)(C)c1ccc2c(c1)CC[C@H]2NC(=O)Nc1cccc2c1cnn2CC(O)C(=O)O. The Hall–Kier alpha value is -3.39. The number of anilines is 1. The van der Waals surface area contributed by atoms with Crippen LogP contribution in [0.5, 0.6) is 0 Å². The van der Waals surface area contributed by atoms with E-state index in [1.165, 1.54) is 15.8 Å². The van der Waals surface area contributed by atoms with Crippen molar-refractivity contribution in [1.29, 1.82) is 0 Å². The lowest BCUT2D eigenvalue weighted by Gasteiger charge is -2.21. The molecule has 2 aromatic carbocycles. The number of urea groups is 1. The quantitative estimate of drug-likeness (QED) is 0.488. The molecule has 2 amide bonds. The van der Waals surface area contributed by atoms with Crippen molar-refractivity contribution < 1.29 is 19.8 Å². The molecule has 4 rings (SSSR count). The van der Waals surface area contributed by atoms with Crippen molar-refractivity contribution in [2.24, 2.45) is 0 Å².